The molecule has 0 aliphatic carbocycles. The largest absolute Gasteiger partial charge is 0.513 e. The van der Waals surface area contributed by atoms with Gasteiger partial charge in [-0.2, -0.15) is 0 Å². The lowest BCUT2D eigenvalue weighted by Gasteiger charge is -1.92. The summed E-state index contributed by atoms with van der Waals surface area (Å²) in [5.41, 5.74) is 0. The van der Waals surface area contributed by atoms with E-state index < -0.39 is 0 Å². The molecule has 0 unspecified atom stereocenters. The minimum absolute atomic E-state index is 0.419. The van der Waals surface area contributed by atoms with E-state index in [1.54, 1.807) is 6.92 Å². The molecule has 0 aromatic carbocycles. The first-order valence-electron chi connectivity index (χ1n) is 4.15. The molecule has 0 fully saturated rings. The Hall–Kier alpha value is -0.720. The topological polar surface area (TPSA) is 20.2 Å². The summed E-state index contributed by atoms with van der Waals surface area (Å²) in [7, 11) is 0. The quantitative estimate of drug-likeness (QED) is 0.373. The van der Waals surface area contributed by atoms with Crippen molar-refractivity contribution >= 4 is 0 Å². The Morgan fingerprint density at radius 3 is 2.45 bits per heavy atom. The van der Waals surface area contributed by atoms with Crippen LogP contribution in [-0.2, 0) is 0 Å². The molecule has 0 aliphatic heterocycles. The molecule has 0 bridgehead atoms. The average molecular weight is 154 g/mol. The molecule has 0 spiro atoms. The monoisotopic (exact) mass is 154 g/mol. The van der Waals surface area contributed by atoms with E-state index in [-0.39, 0.29) is 0 Å². The van der Waals surface area contributed by atoms with E-state index in [0.717, 1.165) is 12.8 Å². The molecule has 0 saturated carbocycles. The standard InChI is InChI=1S/C10H18O/c1-9(2)7-5-4-6-8-10(3)11/h5,7-9,11H,4,6H2,1-3H3. The number of aliphatic hydroxyl groups is 1. The van der Waals surface area contributed by atoms with Gasteiger partial charge >= 0.3 is 0 Å². The van der Waals surface area contributed by atoms with Gasteiger partial charge in [-0.05, 0) is 31.8 Å². The van der Waals surface area contributed by atoms with Crippen molar-refractivity contribution in [2.45, 2.75) is 33.6 Å². The van der Waals surface area contributed by atoms with Crippen molar-refractivity contribution in [1.82, 2.24) is 0 Å². The van der Waals surface area contributed by atoms with E-state index >= 15 is 0 Å². The minimum atomic E-state index is 0.419. The van der Waals surface area contributed by atoms with Crippen molar-refractivity contribution in [1.29, 1.82) is 0 Å². The molecule has 11 heavy (non-hydrogen) atoms. The van der Waals surface area contributed by atoms with Crippen LogP contribution in [0.3, 0.4) is 0 Å². The molecule has 0 amide bonds. The van der Waals surface area contributed by atoms with E-state index in [0.29, 0.717) is 11.7 Å². The summed E-state index contributed by atoms with van der Waals surface area (Å²) in [5, 5.41) is 8.80. The Labute approximate surface area is 69.4 Å². The van der Waals surface area contributed by atoms with Crippen molar-refractivity contribution in [3.05, 3.63) is 24.0 Å². The highest BCUT2D eigenvalue weighted by atomic mass is 16.3. The second-order valence-electron chi connectivity index (χ2n) is 3.10. The fourth-order valence-corrected chi connectivity index (χ4v) is 0.757. The molecule has 1 heteroatoms. The SMILES string of the molecule is CC(O)=CCCC=CC(C)C. The van der Waals surface area contributed by atoms with Crippen molar-refractivity contribution in [3.63, 3.8) is 0 Å². The summed E-state index contributed by atoms with van der Waals surface area (Å²) >= 11 is 0. The van der Waals surface area contributed by atoms with E-state index in [1.807, 2.05) is 6.08 Å². The second kappa shape index (κ2) is 6.02. The average Bonchev–Trinajstić information content (AvgIpc) is 1.85. The van der Waals surface area contributed by atoms with Gasteiger partial charge in [-0.15, -0.1) is 0 Å². The zero-order chi connectivity index (χ0) is 8.69. The summed E-state index contributed by atoms with van der Waals surface area (Å²) in [6, 6.07) is 0. The van der Waals surface area contributed by atoms with Crippen LogP contribution < -0.4 is 0 Å². The van der Waals surface area contributed by atoms with Gasteiger partial charge in [0.2, 0.25) is 0 Å². The van der Waals surface area contributed by atoms with Crippen LogP contribution in [0.1, 0.15) is 33.6 Å². The molecule has 0 saturated heterocycles. The van der Waals surface area contributed by atoms with E-state index in [4.69, 9.17) is 5.11 Å². The highest BCUT2D eigenvalue weighted by molar-refractivity contribution is 4.91. The fraction of sp³-hybridized carbons (Fsp3) is 0.600. The van der Waals surface area contributed by atoms with Crippen LogP contribution in [0.5, 0.6) is 0 Å². The van der Waals surface area contributed by atoms with Gasteiger partial charge in [-0.25, -0.2) is 0 Å². The molecule has 1 nitrogen and oxygen atoms in total. The number of unbranched alkanes of at least 4 members (excludes halogenated alkanes) is 1. The zero-order valence-corrected chi connectivity index (χ0v) is 7.67. The third-order valence-electron chi connectivity index (χ3n) is 1.29. The maximum Gasteiger partial charge on any atom is 0.0852 e. The van der Waals surface area contributed by atoms with E-state index in [1.165, 1.54) is 0 Å². The lowest BCUT2D eigenvalue weighted by molar-refractivity contribution is 0.411. The van der Waals surface area contributed by atoms with Crippen LogP contribution >= 0.6 is 0 Å². The van der Waals surface area contributed by atoms with Gasteiger partial charge in [0.15, 0.2) is 0 Å². The number of rotatable bonds is 4. The van der Waals surface area contributed by atoms with Gasteiger partial charge in [-0.1, -0.05) is 26.0 Å². The van der Waals surface area contributed by atoms with Gasteiger partial charge in [0.25, 0.3) is 0 Å². The van der Waals surface area contributed by atoms with Gasteiger partial charge in [0.05, 0.1) is 5.76 Å². The normalized spacial score (nSPS) is 13.3. The van der Waals surface area contributed by atoms with Crippen molar-refractivity contribution < 1.29 is 5.11 Å². The molecular formula is C10H18O. The summed E-state index contributed by atoms with van der Waals surface area (Å²) in [6.45, 7) is 6.01. The molecule has 64 valence electrons. The number of hydrogen-bond donors (Lipinski definition) is 1. The molecule has 0 radical (unpaired) electrons. The van der Waals surface area contributed by atoms with E-state index in [9.17, 15) is 0 Å². The van der Waals surface area contributed by atoms with Crippen LogP contribution in [0.4, 0.5) is 0 Å². The number of aliphatic hydroxyl groups excluding tert-OH is 1. The van der Waals surface area contributed by atoms with Crippen LogP contribution in [-0.4, -0.2) is 5.11 Å². The molecule has 0 aromatic heterocycles. The molecule has 0 atom stereocenters. The lowest BCUT2D eigenvalue weighted by atomic mass is 10.2. The maximum absolute atomic E-state index is 8.80. The number of hydrogen-bond acceptors (Lipinski definition) is 1. The Morgan fingerprint density at radius 2 is 2.00 bits per heavy atom. The molecule has 0 rings (SSSR count). The third-order valence-corrected chi connectivity index (χ3v) is 1.29. The first-order valence-corrected chi connectivity index (χ1v) is 4.15. The van der Waals surface area contributed by atoms with Crippen molar-refractivity contribution in [3.8, 4) is 0 Å². The second-order valence-corrected chi connectivity index (χ2v) is 3.10. The maximum atomic E-state index is 8.80. The van der Waals surface area contributed by atoms with Crippen LogP contribution in [0, 0.1) is 5.92 Å². The molecule has 0 heterocycles. The molecule has 0 aromatic rings. The summed E-state index contributed by atoms with van der Waals surface area (Å²) in [4.78, 5) is 0. The highest BCUT2D eigenvalue weighted by Crippen LogP contribution is 1.99. The summed E-state index contributed by atoms with van der Waals surface area (Å²) in [5.74, 6) is 1.05. The van der Waals surface area contributed by atoms with Crippen LogP contribution in [0.15, 0.2) is 24.0 Å². The van der Waals surface area contributed by atoms with Crippen LogP contribution in [0.25, 0.3) is 0 Å². The van der Waals surface area contributed by atoms with Crippen molar-refractivity contribution in [2.75, 3.05) is 0 Å². The Balaban J connectivity index is 3.35. The molecule has 0 aliphatic rings. The van der Waals surface area contributed by atoms with Gasteiger partial charge in [-0.3, -0.25) is 0 Å². The van der Waals surface area contributed by atoms with Gasteiger partial charge in [0.1, 0.15) is 0 Å². The summed E-state index contributed by atoms with van der Waals surface area (Å²) < 4.78 is 0. The predicted octanol–water partition coefficient (Wildman–Crippen LogP) is 3.44. The zero-order valence-electron chi connectivity index (χ0n) is 7.67. The first-order chi connectivity index (χ1) is 5.13. The lowest BCUT2D eigenvalue weighted by Crippen LogP contribution is -1.77. The number of allylic oxidation sites excluding steroid dienone is 4. The smallest absolute Gasteiger partial charge is 0.0852 e. The Kier molecular flexibility index (Phi) is 5.63. The van der Waals surface area contributed by atoms with E-state index in [2.05, 4.69) is 26.0 Å². The third kappa shape index (κ3) is 9.28. The molecule has 1 N–H and O–H groups in total. The summed E-state index contributed by atoms with van der Waals surface area (Å²) in [6.07, 6.45) is 8.14. The Bertz CT molecular complexity index is 139. The van der Waals surface area contributed by atoms with Gasteiger partial charge in [0, 0.05) is 0 Å². The highest BCUT2D eigenvalue weighted by Gasteiger charge is 1.83. The van der Waals surface area contributed by atoms with Crippen molar-refractivity contribution in [2.24, 2.45) is 5.92 Å². The minimum Gasteiger partial charge on any atom is -0.513 e. The molecular weight excluding hydrogens is 136 g/mol. The predicted molar refractivity (Wildman–Crippen MR) is 49.6 cm³/mol. The Morgan fingerprint density at radius 1 is 1.36 bits per heavy atom. The first kappa shape index (κ1) is 10.3. The van der Waals surface area contributed by atoms with Gasteiger partial charge < -0.3 is 5.11 Å². The fourth-order valence-electron chi connectivity index (χ4n) is 0.757. The van der Waals surface area contributed by atoms with Crippen LogP contribution in [0.2, 0.25) is 0 Å².